The van der Waals surface area contributed by atoms with Crippen LogP contribution in [-0.2, 0) is 0 Å². The Hall–Kier alpha value is 0.0700. The van der Waals surface area contributed by atoms with Crippen LogP contribution < -0.4 is 5.32 Å². The van der Waals surface area contributed by atoms with Crippen molar-refractivity contribution in [2.24, 2.45) is 4.99 Å². The van der Waals surface area contributed by atoms with Gasteiger partial charge in [0.05, 0.1) is 10.0 Å². The molecule has 0 aliphatic rings. The second-order valence-electron chi connectivity index (χ2n) is 2.67. The number of amidine groups is 1. The fourth-order valence-corrected chi connectivity index (χ4v) is 3.13. The van der Waals surface area contributed by atoms with Crippen molar-refractivity contribution in [2.45, 2.75) is 0 Å². The summed E-state index contributed by atoms with van der Waals surface area (Å²) in [6.07, 6.45) is 3.60. The molecule has 0 heterocycles. The normalized spacial score (nSPS) is 11.2. The van der Waals surface area contributed by atoms with Crippen LogP contribution in [0.3, 0.4) is 0 Å². The molecule has 0 bridgehead atoms. The molecule has 0 radical (unpaired) electrons. The smallest absolute Gasteiger partial charge is 0.183 e. The molecule has 0 amide bonds. The maximum absolute atomic E-state index is 8.55. The lowest BCUT2D eigenvalue weighted by molar-refractivity contribution is 1.28. The van der Waals surface area contributed by atoms with Gasteiger partial charge in [-0.15, -0.1) is 0 Å². The van der Waals surface area contributed by atoms with Crippen molar-refractivity contribution in [3.05, 3.63) is 25.1 Å². The molecular formula is C9H5Br2Cl2N3S. The standard InChI is InChI=1S/C9H5Br2Cl2N3S/c1-17-9(15-3-14)16-8-5(11)2-4(10)6(12)7(8)13/h2H,1H3,(H,15,16). The molecule has 90 valence electrons. The average Bonchev–Trinajstić information content (AvgIpc) is 2.30. The number of aliphatic imine (C=N–C) groups is 1. The Labute approximate surface area is 130 Å². The van der Waals surface area contributed by atoms with Gasteiger partial charge in [-0.2, -0.15) is 5.26 Å². The number of thioether (sulfide) groups is 1. The zero-order chi connectivity index (χ0) is 13.0. The van der Waals surface area contributed by atoms with Gasteiger partial charge >= 0.3 is 0 Å². The lowest BCUT2D eigenvalue weighted by Crippen LogP contribution is -2.12. The highest BCUT2D eigenvalue weighted by atomic mass is 79.9. The van der Waals surface area contributed by atoms with Crippen molar-refractivity contribution < 1.29 is 0 Å². The lowest BCUT2D eigenvalue weighted by atomic mass is 10.3. The molecule has 3 nitrogen and oxygen atoms in total. The van der Waals surface area contributed by atoms with E-state index >= 15 is 0 Å². The first-order valence-corrected chi connectivity index (χ1v) is 7.68. The van der Waals surface area contributed by atoms with E-state index in [-0.39, 0.29) is 0 Å². The molecule has 0 unspecified atom stereocenters. The predicted octanol–water partition coefficient (Wildman–Crippen LogP) is 4.94. The van der Waals surface area contributed by atoms with Crippen molar-refractivity contribution in [3.8, 4) is 6.19 Å². The molecule has 1 aromatic carbocycles. The van der Waals surface area contributed by atoms with Crippen molar-refractivity contribution >= 4 is 77.7 Å². The Morgan fingerprint density at radius 2 is 2.06 bits per heavy atom. The molecule has 1 aromatic rings. The molecule has 0 saturated carbocycles. The number of benzene rings is 1. The number of rotatable bonds is 1. The summed E-state index contributed by atoms with van der Waals surface area (Å²) in [5.74, 6) is 0. The first-order valence-electron chi connectivity index (χ1n) is 4.12. The van der Waals surface area contributed by atoms with Gasteiger partial charge in [-0.1, -0.05) is 35.0 Å². The fraction of sp³-hybridized carbons (Fsp3) is 0.111. The summed E-state index contributed by atoms with van der Waals surface area (Å²) in [6, 6.07) is 1.75. The number of nitriles is 1. The minimum atomic E-state index is 0.319. The predicted molar refractivity (Wildman–Crippen MR) is 81.2 cm³/mol. The van der Waals surface area contributed by atoms with Crippen LogP contribution in [0.15, 0.2) is 20.0 Å². The van der Waals surface area contributed by atoms with Crippen LogP contribution in [0.25, 0.3) is 0 Å². The van der Waals surface area contributed by atoms with E-state index in [9.17, 15) is 0 Å². The van der Waals surface area contributed by atoms with E-state index in [1.165, 1.54) is 11.8 Å². The third-order valence-corrected chi connectivity index (χ3v) is 4.56. The van der Waals surface area contributed by atoms with E-state index in [1.54, 1.807) is 18.5 Å². The summed E-state index contributed by atoms with van der Waals surface area (Å²) in [5, 5.41) is 12.1. The SMILES string of the molecule is CSC(=Nc1c(Br)cc(Br)c(Cl)c1Cl)NC#N. The van der Waals surface area contributed by atoms with E-state index in [1.807, 2.05) is 0 Å². The summed E-state index contributed by atoms with van der Waals surface area (Å²) in [5.41, 5.74) is 0.479. The Kier molecular flexibility index (Phi) is 6.10. The maximum Gasteiger partial charge on any atom is 0.183 e. The number of hydrogen-bond donors (Lipinski definition) is 1. The topological polar surface area (TPSA) is 48.2 Å². The first kappa shape index (κ1) is 15.1. The molecule has 0 saturated heterocycles. The van der Waals surface area contributed by atoms with Crippen molar-refractivity contribution in [3.63, 3.8) is 0 Å². The minimum Gasteiger partial charge on any atom is -0.271 e. The van der Waals surface area contributed by atoms with Crippen LogP contribution in [0.1, 0.15) is 0 Å². The second kappa shape index (κ2) is 6.86. The molecule has 17 heavy (non-hydrogen) atoms. The minimum absolute atomic E-state index is 0.319. The summed E-state index contributed by atoms with van der Waals surface area (Å²) >= 11 is 20.0. The van der Waals surface area contributed by atoms with Gasteiger partial charge in [0.1, 0.15) is 5.69 Å². The van der Waals surface area contributed by atoms with Crippen molar-refractivity contribution in [1.29, 1.82) is 5.26 Å². The highest BCUT2D eigenvalue weighted by Crippen LogP contribution is 2.43. The number of nitrogens with zero attached hydrogens (tertiary/aromatic N) is 2. The molecule has 0 fully saturated rings. The quantitative estimate of drug-likeness (QED) is 0.176. The second-order valence-corrected chi connectivity index (χ2v) is 5.93. The molecule has 0 aliphatic carbocycles. The Bertz CT molecular complexity index is 514. The van der Waals surface area contributed by atoms with Gasteiger partial charge < -0.3 is 0 Å². The number of hydrogen-bond acceptors (Lipinski definition) is 3. The molecule has 0 atom stereocenters. The zero-order valence-electron chi connectivity index (χ0n) is 8.39. The lowest BCUT2D eigenvalue weighted by Gasteiger charge is -2.07. The Balaban J connectivity index is 3.33. The van der Waals surface area contributed by atoms with E-state index in [4.69, 9.17) is 28.5 Å². The fourth-order valence-electron chi connectivity index (χ4n) is 0.933. The van der Waals surface area contributed by atoms with Gasteiger partial charge in [0.2, 0.25) is 0 Å². The van der Waals surface area contributed by atoms with Crippen LogP contribution in [0.5, 0.6) is 0 Å². The molecule has 1 rings (SSSR count). The summed E-state index contributed by atoms with van der Waals surface area (Å²) in [6.45, 7) is 0. The highest BCUT2D eigenvalue weighted by molar-refractivity contribution is 9.11. The van der Waals surface area contributed by atoms with Gasteiger partial charge in [-0.05, 0) is 44.2 Å². The average molecular weight is 418 g/mol. The highest BCUT2D eigenvalue weighted by Gasteiger charge is 2.13. The zero-order valence-corrected chi connectivity index (χ0v) is 13.9. The molecular weight excluding hydrogens is 413 g/mol. The monoisotopic (exact) mass is 415 g/mol. The first-order chi connectivity index (χ1) is 8.01. The van der Waals surface area contributed by atoms with Gasteiger partial charge in [0.15, 0.2) is 11.4 Å². The van der Waals surface area contributed by atoms with Crippen LogP contribution in [0.4, 0.5) is 5.69 Å². The number of halogens is 4. The van der Waals surface area contributed by atoms with E-state index < -0.39 is 0 Å². The third kappa shape index (κ3) is 3.76. The van der Waals surface area contributed by atoms with Gasteiger partial charge in [-0.25, -0.2) is 4.99 Å². The molecule has 8 heteroatoms. The van der Waals surface area contributed by atoms with Gasteiger partial charge in [0.25, 0.3) is 0 Å². The van der Waals surface area contributed by atoms with Crippen LogP contribution in [-0.4, -0.2) is 11.4 Å². The van der Waals surface area contributed by atoms with E-state index in [0.29, 0.717) is 29.8 Å². The van der Waals surface area contributed by atoms with Crippen LogP contribution in [0, 0.1) is 11.5 Å². The largest absolute Gasteiger partial charge is 0.271 e. The van der Waals surface area contributed by atoms with Crippen molar-refractivity contribution in [1.82, 2.24) is 5.32 Å². The molecule has 1 N–H and O–H groups in total. The Morgan fingerprint density at radius 1 is 1.41 bits per heavy atom. The Morgan fingerprint density at radius 3 is 2.59 bits per heavy atom. The van der Waals surface area contributed by atoms with Gasteiger partial charge in [0, 0.05) is 8.95 Å². The summed E-state index contributed by atoms with van der Waals surface area (Å²) < 4.78 is 1.36. The maximum atomic E-state index is 8.55. The van der Waals surface area contributed by atoms with Crippen molar-refractivity contribution in [2.75, 3.05) is 6.26 Å². The van der Waals surface area contributed by atoms with Crippen LogP contribution in [0.2, 0.25) is 10.0 Å². The molecule has 0 aromatic heterocycles. The summed E-state index contributed by atoms with van der Waals surface area (Å²) in [4.78, 5) is 4.23. The van der Waals surface area contributed by atoms with Gasteiger partial charge in [-0.3, -0.25) is 5.32 Å². The third-order valence-electron chi connectivity index (χ3n) is 1.66. The van der Waals surface area contributed by atoms with E-state index in [0.717, 1.165) is 0 Å². The molecule has 0 aliphatic heterocycles. The summed E-state index contributed by atoms with van der Waals surface area (Å²) in [7, 11) is 0. The van der Waals surface area contributed by atoms with E-state index in [2.05, 4.69) is 42.2 Å². The number of nitrogens with one attached hydrogen (secondary N) is 1. The van der Waals surface area contributed by atoms with Crippen LogP contribution >= 0.6 is 66.8 Å². The molecule has 0 spiro atoms.